The van der Waals surface area contributed by atoms with E-state index in [0.717, 1.165) is 30.7 Å². The monoisotopic (exact) mass is 275 g/mol. The van der Waals surface area contributed by atoms with Gasteiger partial charge in [-0.1, -0.05) is 6.42 Å². The van der Waals surface area contributed by atoms with E-state index in [4.69, 9.17) is 10.5 Å². The SMILES string of the molecule is CC(C)(C)Oc1nc(N2CC3CCCC3C2)ccc1N. The number of ether oxygens (including phenoxy) is 1. The first-order valence-electron chi connectivity index (χ1n) is 7.63. The van der Waals surface area contributed by atoms with Crippen LogP contribution in [-0.4, -0.2) is 23.7 Å². The van der Waals surface area contributed by atoms with Crippen LogP contribution in [0.15, 0.2) is 12.1 Å². The second-order valence-corrected chi connectivity index (χ2v) is 7.13. The number of hydrogen-bond acceptors (Lipinski definition) is 4. The van der Waals surface area contributed by atoms with Crippen molar-refractivity contribution >= 4 is 11.5 Å². The number of aromatic nitrogens is 1. The minimum Gasteiger partial charge on any atom is -0.470 e. The normalized spacial score (nSPS) is 25.9. The zero-order chi connectivity index (χ0) is 14.3. The zero-order valence-corrected chi connectivity index (χ0v) is 12.7. The molecular weight excluding hydrogens is 250 g/mol. The van der Waals surface area contributed by atoms with E-state index in [2.05, 4.69) is 9.88 Å². The Hall–Kier alpha value is -1.45. The van der Waals surface area contributed by atoms with Crippen LogP contribution in [0.2, 0.25) is 0 Å². The molecule has 2 heterocycles. The summed E-state index contributed by atoms with van der Waals surface area (Å²) in [5.74, 6) is 3.29. The third kappa shape index (κ3) is 2.69. The molecule has 1 aliphatic heterocycles. The Kier molecular flexibility index (Phi) is 3.27. The predicted molar refractivity (Wildman–Crippen MR) is 82.1 cm³/mol. The second kappa shape index (κ2) is 4.83. The fourth-order valence-corrected chi connectivity index (χ4v) is 3.41. The quantitative estimate of drug-likeness (QED) is 0.901. The molecule has 4 nitrogen and oxygen atoms in total. The molecule has 20 heavy (non-hydrogen) atoms. The fraction of sp³-hybridized carbons (Fsp3) is 0.688. The van der Waals surface area contributed by atoms with Crippen LogP contribution >= 0.6 is 0 Å². The van der Waals surface area contributed by atoms with Crippen molar-refractivity contribution in [1.82, 2.24) is 4.98 Å². The maximum Gasteiger partial charge on any atom is 0.239 e. The van der Waals surface area contributed by atoms with Gasteiger partial charge in [-0.25, -0.2) is 0 Å². The average molecular weight is 275 g/mol. The Morgan fingerprint density at radius 3 is 2.45 bits per heavy atom. The molecule has 2 fully saturated rings. The van der Waals surface area contributed by atoms with Crippen molar-refractivity contribution in [3.8, 4) is 5.88 Å². The van der Waals surface area contributed by atoms with E-state index in [9.17, 15) is 0 Å². The van der Waals surface area contributed by atoms with Crippen LogP contribution < -0.4 is 15.4 Å². The number of pyridine rings is 1. The van der Waals surface area contributed by atoms with E-state index in [-0.39, 0.29) is 5.60 Å². The van der Waals surface area contributed by atoms with Crippen molar-refractivity contribution in [3.05, 3.63) is 12.1 Å². The molecule has 0 radical (unpaired) electrons. The molecule has 2 aliphatic rings. The van der Waals surface area contributed by atoms with Crippen LogP contribution in [0.3, 0.4) is 0 Å². The van der Waals surface area contributed by atoms with Crippen LogP contribution in [0, 0.1) is 11.8 Å². The minimum absolute atomic E-state index is 0.277. The van der Waals surface area contributed by atoms with Crippen LogP contribution in [-0.2, 0) is 0 Å². The summed E-state index contributed by atoms with van der Waals surface area (Å²) in [4.78, 5) is 7.04. The molecule has 0 bridgehead atoms. The van der Waals surface area contributed by atoms with E-state index in [0.29, 0.717) is 11.6 Å². The van der Waals surface area contributed by atoms with E-state index in [1.165, 1.54) is 19.3 Å². The number of hydrogen-bond donors (Lipinski definition) is 1. The van der Waals surface area contributed by atoms with Gasteiger partial charge in [0.15, 0.2) is 0 Å². The summed E-state index contributed by atoms with van der Waals surface area (Å²) in [5, 5.41) is 0. The molecule has 110 valence electrons. The number of anilines is 2. The third-order valence-corrected chi connectivity index (χ3v) is 4.33. The second-order valence-electron chi connectivity index (χ2n) is 7.13. The number of nitrogens with zero attached hydrogens (tertiary/aromatic N) is 2. The predicted octanol–water partition coefficient (Wildman–Crippen LogP) is 3.08. The van der Waals surface area contributed by atoms with Crippen molar-refractivity contribution in [2.24, 2.45) is 11.8 Å². The Balaban J connectivity index is 1.79. The van der Waals surface area contributed by atoms with Gasteiger partial charge in [0.05, 0.1) is 5.69 Å². The molecule has 1 saturated heterocycles. The number of rotatable bonds is 2. The highest BCUT2D eigenvalue weighted by Gasteiger charge is 2.36. The molecule has 2 atom stereocenters. The highest BCUT2D eigenvalue weighted by molar-refractivity contribution is 5.55. The van der Waals surface area contributed by atoms with Crippen LogP contribution in [0.5, 0.6) is 5.88 Å². The van der Waals surface area contributed by atoms with E-state index >= 15 is 0 Å². The first-order chi connectivity index (χ1) is 9.42. The van der Waals surface area contributed by atoms with Crippen LogP contribution in [0.1, 0.15) is 40.0 Å². The molecule has 1 saturated carbocycles. The van der Waals surface area contributed by atoms with E-state index in [1.807, 2.05) is 32.9 Å². The smallest absolute Gasteiger partial charge is 0.239 e. The lowest BCUT2D eigenvalue weighted by atomic mass is 10.0. The highest BCUT2D eigenvalue weighted by Crippen LogP contribution is 2.39. The summed E-state index contributed by atoms with van der Waals surface area (Å²) in [7, 11) is 0. The van der Waals surface area contributed by atoms with Crippen LogP contribution in [0.4, 0.5) is 11.5 Å². The standard InChI is InChI=1S/C16H25N3O/c1-16(2,3)20-15-13(17)7-8-14(18-15)19-9-11-5-4-6-12(11)10-19/h7-8,11-12H,4-6,9-10,17H2,1-3H3. The highest BCUT2D eigenvalue weighted by atomic mass is 16.5. The lowest BCUT2D eigenvalue weighted by Gasteiger charge is -2.24. The molecule has 2 unspecified atom stereocenters. The molecule has 1 aromatic heterocycles. The summed E-state index contributed by atoms with van der Waals surface area (Å²) in [6.07, 6.45) is 4.15. The maximum atomic E-state index is 5.98. The van der Waals surface area contributed by atoms with Gasteiger partial charge in [-0.3, -0.25) is 0 Å². The van der Waals surface area contributed by atoms with Gasteiger partial charge < -0.3 is 15.4 Å². The lowest BCUT2D eigenvalue weighted by molar-refractivity contribution is 0.125. The zero-order valence-electron chi connectivity index (χ0n) is 12.7. The summed E-state index contributed by atoms with van der Waals surface area (Å²) < 4.78 is 5.86. The van der Waals surface area contributed by atoms with E-state index in [1.54, 1.807) is 0 Å². The Morgan fingerprint density at radius 1 is 1.20 bits per heavy atom. The Morgan fingerprint density at radius 2 is 1.85 bits per heavy atom. The van der Waals surface area contributed by atoms with Gasteiger partial charge in [0, 0.05) is 13.1 Å². The summed E-state index contributed by atoms with van der Waals surface area (Å²) in [6.45, 7) is 8.32. The molecule has 0 aromatic carbocycles. The van der Waals surface area contributed by atoms with Gasteiger partial charge in [-0.2, -0.15) is 4.98 Å². The summed E-state index contributed by atoms with van der Waals surface area (Å²) in [6, 6.07) is 3.93. The molecular formula is C16H25N3O. The van der Waals surface area contributed by atoms with Gasteiger partial charge in [-0.05, 0) is 57.6 Å². The molecule has 1 aromatic rings. The molecule has 2 N–H and O–H groups in total. The largest absolute Gasteiger partial charge is 0.470 e. The first kappa shape index (κ1) is 13.5. The number of nitrogens with two attached hydrogens (primary N) is 1. The third-order valence-electron chi connectivity index (χ3n) is 4.33. The molecule has 4 heteroatoms. The average Bonchev–Trinajstić information content (AvgIpc) is 2.90. The molecule has 3 rings (SSSR count). The van der Waals surface area contributed by atoms with Crippen molar-refractivity contribution in [3.63, 3.8) is 0 Å². The van der Waals surface area contributed by atoms with Crippen molar-refractivity contribution < 1.29 is 4.74 Å². The lowest BCUT2D eigenvalue weighted by Crippen LogP contribution is -2.26. The van der Waals surface area contributed by atoms with Crippen molar-refractivity contribution in [2.45, 2.75) is 45.6 Å². The number of nitrogen functional groups attached to an aromatic ring is 1. The minimum atomic E-state index is -0.277. The molecule has 0 amide bonds. The van der Waals surface area contributed by atoms with Gasteiger partial charge in [-0.15, -0.1) is 0 Å². The summed E-state index contributed by atoms with van der Waals surface area (Å²) >= 11 is 0. The van der Waals surface area contributed by atoms with Gasteiger partial charge in [0.2, 0.25) is 5.88 Å². The van der Waals surface area contributed by atoms with Gasteiger partial charge >= 0.3 is 0 Å². The Bertz CT molecular complexity index is 483. The summed E-state index contributed by atoms with van der Waals surface area (Å²) in [5.41, 5.74) is 6.32. The fourth-order valence-electron chi connectivity index (χ4n) is 3.41. The molecule has 0 spiro atoms. The van der Waals surface area contributed by atoms with Crippen molar-refractivity contribution in [1.29, 1.82) is 0 Å². The van der Waals surface area contributed by atoms with Gasteiger partial charge in [0.1, 0.15) is 11.4 Å². The Labute approximate surface area is 121 Å². The van der Waals surface area contributed by atoms with Gasteiger partial charge in [0.25, 0.3) is 0 Å². The van der Waals surface area contributed by atoms with E-state index < -0.39 is 0 Å². The van der Waals surface area contributed by atoms with Crippen LogP contribution in [0.25, 0.3) is 0 Å². The topological polar surface area (TPSA) is 51.4 Å². The first-order valence-corrected chi connectivity index (χ1v) is 7.63. The van der Waals surface area contributed by atoms with Crippen molar-refractivity contribution in [2.75, 3.05) is 23.7 Å². The maximum absolute atomic E-state index is 5.98. The number of fused-ring (bicyclic) bond motifs is 1. The molecule has 1 aliphatic carbocycles.